The van der Waals surface area contributed by atoms with E-state index in [1.165, 1.54) is 12.1 Å². The summed E-state index contributed by atoms with van der Waals surface area (Å²) >= 11 is 0. The zero-order valence-corrected chi connectivity index (χ0v) is 7.15. The minimum Gasteiger partial charge on any atom is -0.200 e. The molecule has 0 bridgehead atoms. The van der Waals surface area contributed by atoms with E-state index in [1.807, 2.05) is 6.92 Å². The lowest BCUT2D eigenvalue weighted by Crippen LogP contribution is -1.82. The summed E-state index contributed by atoms with van der Waals surface area (Å²) in [5, 5.41) is 0. The summed E-state index contributed by atoms with van der Waals surface area (Å²) in [6.45, 7) is 1.94. The van der Waals surface area contributed by atoms with Gasteiger partial charge in [-0.05, 0) is 12.0 Å². The third kappa shape index (κ3) is 2.34. The Labute approximate surface area is 74.7 Å². The molecule has 0 amide bonds. The lowest BCUT2D eigenvalue weighted by atomic mass is 10.1. The molecule has 0 atom stereocenters. The molecule has 0 radical (unpaired) electrons. The second-order valence-electron chi connectivity index (χ2n) is 2.62. The molecule has 1 rings (SSSR count). The largest absolute Gasteiger partial charge is 0.306 e. The summed E-state index contributed by atoms with van der Waals surface area (Å²) in [6, 6.07) is 5.98. The molecule has 0 N–H and O–H groups in total. The minimum atomic E-state index is -2.27. The Morgan fingerprint density at radius 2 is 1.62 bits per heavy atom. The van der Waals surface area contributed by atoms with Crippen molar-refractivity contribution < 1.29 is 13.2 Å². The van der Waals surface area contributed by atoms with E-state index in [1.54, 1.807) is 12.1 Å². The predicted octanol–water partition coefficient (Wildman–Crippen LogP) is 3.78. The van der Waals surface area contributed by atoms with E-state index in [0.717, 1.165) is 12.0 Å². The van der Waals surface area contributed by atoms with Gasteiger partial charge in [-0.3, -0.25) is 0 Å². The monoisotopic (exact) mass is 186 g/mol. The van der Waals surface area contributed by atoms with Gasteiger partial charge in [-0.15, -0.1) is 0 Å². The molecule has 0 heterocycles. The van der Waals surface area contributed by atoms with Crippen molar-refractivity contribution in [1.29, 1.82) is 0 Å². The van der Waals surface area contributed by atoms with Gasteiger partial charge in [0, 0.05) is 5.56 Å². The van der Waals surface area contributed by atoms with Gasteiger partial charge in [0.2, 0.25) is 0 Å². The predicted molar refractivity (Wildman–Crippen MR) is 46.1 cm³/mol. The highest BCUT2D eigenvalue weighted by molar-refractivity contribution is 5.59. The van der Waals surface area contributed by atoms with Crippen LogP contribution in [-0.2, 0) is 6.42 Å². The van der Waals surface area contributed by atoms with Crippen molar-refractivity contribution in [3.63, 3.8) is 0 Å². The Morgan fingerprint density at radius 1 is 1.08 bits per heavy atom. The van der Waals surface area contributed by atoms with Gasteiger partial charge >= 0.3 is 6.08 Å². The van der Waals surface area contributed by atoms with Crippen molar-refractivity contribution in [3.05, 3.63) is 41.5 Å². The topological polar surface area (TPSA) is 0 Å². The molecule has 0 aromatic heterocycles. The second-order valence-corrected chi connectivity index (χ2v) is 2.62. The van der Waals surface area contributed by atoms with Crippen LogP contribution in [0.2, 0.25) is 0 Å². The maximum atomic E-state index is 12.6. The number of hydrogen-bond donors (Lipinski definition) is 0. The molecule has 0 spiro atoms. The smallest absolute Gasteiger partial charge is 0.200 e. The average Bonchev–Trinajstić information content (AvgIpc) is 2.17. The SMILES string of the molecule is CCc1ccc(C(F)=C(F)F)cc1. The summed E-state index contributed by atoms with van der Waals surface area (Å²) in [4.78, 5) is 0. The number of benzene rings is 1. The number of rotatable bonds is 2. The fourth-order valence-corrected chi connectivity index (χ4v) is 0.996. The van der Waals surface area contributed by atoms with Crippen LogP contribution in [-0.4, -0.2) is 0 Å². The zero-order valence-electron chi connectivity index (χ0n) is 7.15. The molecular formula is C10H9F3. The van der Waals surface area contributed by atoms with Crippen molar-refractivity contribution in [3.8, 4) is 0 Å². The number of aryl methyl sites for hydroxylation is 1. The van der Waals surface area contributed by atoms with Crippen LogP contribution in [0.15, 0.2) is 30.3 Å². The van der Waals surface area contributed by atoms with Crippen LogP contribution in [0, 0.1) is 0 Å². The molecule has 0 aliphatic carbocycles. The first-order valence-corrected chi connectivity index (χ1v) is 3.95. The molecule has 0 saturated heterocycles. The molecule has 0 fully saturated rings. The molecule has 13 heavy (non-hydrogen) atoms. The lowest BCUT2D eigenvalue weighted by Gasteiger charge is -1.98. The van der Waals surface area contributed by atoms with Gasteiger partial charge in [-0.1, -0.05) is 31.2 Å². The Morgan fingerprint density at radius 3 is 2.00 bits per heavy atom. The average molecular weight is 186 g/mol. The van der Waals surface area contributed by atoms with Gasteiger partial charge in [0.15, 0.2) is 5.83 Å². The summed E-state index contributed by atoms with van der Waals surface area (Å²) in [5.74, 6) is -1.44. The van der Waals surface area contributed by atoms with E-state index in [4.69, 9.17) is 0 Å². The fourth-order valence-electron chi connectivity index (χ4n) is 0.996. The zero-order chi connectivity index (χ0) is 9.84. The first kappa shape index (κ1) is 9.84. The van der Waals surface area contributed by atoms with Gasteiger partial charge in [-0.25, -0.2) is 4.39 Å². The maximum Gasteiger partial charge on any atom is 0.306 e. The molecule has 0 nitrogen and oxygen atoms in total. The molecule has 3 heteroatoms. The maximum absolute atomic E-state index is 12.6. The normalized spacial score (nSPS) is 9.85. The van der Waals surface area contributed by atoms with Crippen LogP contribution in [0.5, 0.6) is 0 Å². The van der Waals surface area contributed by atoms with E-state index < -0.39 is 11.9 Å². The Balaban J connectivity index is 2.99. The quantitative estimate of drug-likeness (QED) is 0.659. The van der Waals surface area contributed by atoms with E-state index in [-0.39, 0.29) is 5.56 Å². The van der Waals surface area contributed by atoms with Crippen molar-refractivity contribution >= 4 is 5.83 Å². The third-order valence-corrected chi connectivity index (χ3v) is 1.78. The summed E-state index contributed by atoms with van der Waals surface area (Å²) in [7, 11) is 0. The summed E-state index contributed by atoms with van der Waals surface area (Å²) < 4.78 is 36.2. The molecule has 70 valence electrons. The van der Waals surface area contributed by atoms with Crippen molar-refractivity contribution in [1.82, 2.24) is 0 Å². The van der Waals surface area contributed by atoms with E-state index >= 15 is 0 Å². The Bertz CT molecular complexity index is 307. The standard InChI is InChI=1S/C10H9F3/c1-2-7-3-5-8(6-4-7)9(11)10(12)13/h3-6H,2H2,1H3. The van der Waals surface area contributed by atoms with Crippen molar-refractivity contribution in [2.45, 2.75) is 13.3 Å². The Hall–Kier alpha value is -1.25. The molecule has 0 unspecified atom stereocenters. The minimum absolute atomic E-state index is 0.0720. The van der Waals surface area contributed by atoms with Crippen LogP contribution in [0.4, 0.5) is 13.2 Å². The highest BCUT2D eigenvalue weighted by Gasteiger charge is 2.07. The van der Waals surface area contributed by atoms with Crippen molar-refractivity contribution in [2.24, 2.45) is 0 Å². The Kier molecular flexibility index (Phi) is 3.12. The summed E-state index contributed by atoms with van der Waals surface area (Å²) in [6.07, 6.45) is -1.46. The molecular weight excluding hydrogens is 177 g/mol. The molecule has 0 aliphatic rings. The highest BCUT2D eigenvalue weighted by atomic mass is 19.3. The number of hydrogen-bond acceptors (Lipinski definition) is 0. The van der Waals surface area contributed by atoms with Gasteiger partial charge in [0.25, 0.3) is 0 Å². The van der Waals surface area contributed by atoms with E-state index in [0.29, 0.717) is 0 Å². The van der Waals surface area contributed by atoms with Gasteiger partial charge < -0.3 is 0 Å². The summed E-state index contributed by atoms with van der Waals surface area (Å²) in [5.41, 5.74) is 0.924. The van der Waals surface area contributed by atoms with Crippen LogP contribution in [0.3, 0.4) is 0 Å². The number of halogens is 3. The van der Waals surface area contributed by atoms with Crippen LogP contribution in [0.1, 0.15) is 18.1 Å². The van der Waals surface area contributed by atoms with Gasteiger partial charge in [0.05, 0.1) is 0 Å². The second kappa shape index (κ2) is 4.12. The van der Waals surface area contributed by atoms with Crippen molar-refractivity contribution in [2.75, 3.05) is 0 Å². The lowest BCUT2D eigenvalue weighted by molar-refractivity contribution is 0.410. The van der Waals surface area contributed by atoms with Gasteiger partial charge in [0.1, 0.15) is 0 Å². The van der Waals surface area contributed by atoms with E-state index in [9.17, 15) is 13.2 Å². The molecule has 1 aromatic rings. The van der Waals surface area contributed by atoms with E-state index in [2.05, 4.69) is 0 Å². The fraction of sp³-hybridized carbons (Fsp3) is 0.200. The van der Waals surface area contributed by atoms with Crippen LogP contribution >= 0.6 is 0 Å². The van der Waals surface area contributed by atoms with Crippen LogP contribution in [0.25, 0.3) is 5.83 Å². The highest BCUT2D eigenvalue weighted by Crippen LogP contribution is 2.22. The molecule has 0 aliphatic heterocycles. The first-order chi connectivity index (χ1) is 6.15. The molecule has 1 aromatic carbocycles. The molecule has 0 saturated carbocycles. The van der Waals surface area contributed by atoms with Crippen LogP contribution < -0.4 is 0 Å². The first-order valence-electron chi connectivity index (χ1n) is 3.95. The van der Waals surface area contributed by atoms with Gasteiger partial charge in [-0.2, -0.15) is 8.78 Å². The third-order valence-electron chi connectivity index (χ3n) is 1.78.